The zero-order valence-electron chi connectivity index (χ0n) is 19.1. The topological polar surface area (TPSA) is 119 Å². The highest BCUT2D eigenvalue weighted by atomic mass is 16.7. The third-order valence-corrected chi connectivity index (χ3v) is 9.54. The number of hydrogen-bond donors (Lipinski definition) is 2. The second-order valence-electron chi connectivity index (χ2n) is 11.1. The predicted octanol–water partition coefficient (Wildman–Crippen LogP) is 1.52. The number of carbonyl (C=O) groups is 3. The molecule has 0 amide bonds. The van der Waals surface area contributed by atoms with Crippen LogP contribution in [0.25, 0.3) is 0 Å². The molecule has 176 valence electrons. The normalized spacial score (nSPS) is 50.4. The van der Waals surface area contributed by atoms with Crippen LogP contribution in [-0.2, 0) is 28.6 Å². The minimum Gasteiger partial charge on any atom is -0.457 e. The number of aliphatic hydroxyl groups is 2. The number of rotatable bonds is 2. The van der Waals surface area contributed by atoms with Crippen molar-refractivity contribution in [3.8, 4) is 0 Å². The molecule has 2 heterocycles. The van der Waals surface area contributed by atoms with Crippen LogP contribution in [0.3, 0.4) is 0 Å². The smallest absolute Gasteiger partial charge is 0.303 e. The molecule has 4 saturated carbocycles. The van der Waals surface area contributed by atoms with Gasteiger partial charge in [-0.15, -0.1) is 0 Å². The van der Waals surface area contributed by atoms with Crippen LogP contribution in [-0.4, -0.2) is 58.6 Å². The largest absolute Gasteiger partial charge is 0.457 e. The van der Waals surface area contributed by atoms with Gasteiger partial charge in [-0.05, 0) is 42.1 Å². The van der Waals surface area contributed by atoms with E-state index in [1.807, 2.05) is 13.8 Å². The third-order valence-electron chi connectivity index (χ3n) is 9.54. The molecule has 6 fully saturated rings. The number of fused-ring (bicyclic) bond motifs is 2. The van der Waals surface area contributed by atoms with Crippen LogP contribution in [0.15, 0.2) is 12.2 Å². The number of aliphatic hydroxyl groups excluding tert-OH is 1. The van der Waals surface area contributed by atoms with Crippen molar-refractivity contribution in [3.63, 3.8) is 0 Å². The molecule has 9 atom stereocenters. The van der Waals surface area contributed by atoms with Gasteiger partial charge in [0.2, 0.25) is 5.79 Å². The number of ketones is 1. The summed E-state index contributed by atoms with van der Waals surface area (Å²) in [5.74, 6) is -4.24. The molecule has 2 saturated heterocycles. The number of hydrogen-bond acceptors (Lipinski definition) is 8. The molecule has 32 heavy (non-hydrogen) atoms. The van der Waals surface area contributed by atoms with Crippen molar-refractivity contribution in [3.05, 3.63) is 12.2 Å². The lowest BCUT2D eigenvalue weighted by Crippen LogP contribution is -2.85. The van der Waals surface area contributed by atoms with Crippen molar-refractivity contribution in [1.82, 2.24) is 0 Å². The SMILES string of the molecule is C=C1[C@@H]2CC[C@H]3[C@@]45CO[C@](O)([C@@H](OC(C)=O)[C@@H]4C(C)(C)[C@@H](O)CC5=O)[C@]3(C2)[C@@H]1OC(C)=O. The van der Waals surface area contributed by atoms with E-state index in [9.17, 15) is 24.6 Å². The van der Waals surface area contributed by atoms with Crippen molar-refractivity contribution < 1.29 is 38.8 Å². The first-order chi connectivity index (χ1) is 14.8. The van der Waals surface area contributed by atoms with Crippen LogP contribution >= 0.6 is 0 Å². The fourth-order valence-corrected chi connectivity index (χ4v) is 8.36. The van der Waals surface area contributed by atoms with E-state index in [0.717, 1.165) is 6.42 Å². The number of carbonyl (C=O) groups excluding carboxylic acids is 3. The molecule has 2 spiro atoms. The van der Waals surface area contributed by atoms with E-state index in [4.69, 9.17) is 14.2 Å². The average Bonchev–Trinajstić information content (AvgIpc) is 2.89. The Kier molecular flexibility index (Phi) is 4.42. The van der Waals surface area contributed by atoms with Crippen LogP contribution in [0.1, 0.15) is 53.4 Å². The lowest BCUT2D eigenvalue weighted by molar-refractivity contribution is -0.447. The number of ether oxygens (including phenoxy) is 3. The Bertz CT molecular complexity index is 925. The van der Waals surface area contributed by atoms with Crippen molar-refractivity contribution in [2.75, 3.05) is 6.61 Å². The molecular formula is C24H32O8. The summed E-state index contributed by atoms with van der Waals surface area (Å²) in [5.41, 5.74) is -2.33. The molecular weight excluding hydrogens is 416 g/mol. The number of esters is 2. The summed E-state index contributed by atoms with van der Waals surface area (Å²) in [6, 6.07) is 0. The zero-order chi connectivity index (χ0) is 23.4. The highest BCUT2D eigenvalue weighted by Crippen LogP contribution is 2.77. The van der Waals surface area contributed by atoms with Gasteiger partial charge in [0.25, 0.3) is 0 Å². The van der Waals surface area contributed by atoms with E-state index < -0.39 is 58.2 Å². The van der Waals surface area contributed by atoms with Crippen molar-refractivity contribution in [2.45, 2.75) is 77.5 Å². The molecule has 0 unspecified atom stereocenters. The van der Waals surface area contributed by atoms with Crippen LogP contribution in [0.2, 0.25) is 0 Å². The van der Waals surface area contributed by atoms with Gasteiger partial charge in [-0.3, -0.25) is 14.4 Å². The van der Waals surface area contributed by atoms with Crippen LogP contribution < -0.4 is 0 Å². The third kappa shape index (κ3) is 2.26. The lowest BCUT2D eigenvalue weighted by atomic mass is 9.36. The summed E-state index contributed by atoms with van der Waals surface area (Å²) in [7, 11) is 0. The zero-order valence-corrected chi connectivity index (χ0v) is 19.1. The highest BCUT2D eigenvalue weighted by Gasteiger charge is 2.86. The Hall–Kier alpha value is -1.77. The Morgan fingerprint density at radius 3 is 2.44 bits per heavy atom. The average molecular weight is 449 g/mol. The van der Waals surface area contributed by atoms with E-state index in [1.165, 1.54) is 13.8 Å². The van der Waals surface area contributed by atoms with E-state index in [2.05, 4.69) is 6.58 Å². The van der Waals surface area contributed by atoms with Crippen molar-refractivity contribution in [1.29, 1.82) is 0 Å². The van der Waals surface area contributed by atoms with Gasteiger partial charge in [-0.2, -0.15) is 0 Å². The second-order valence-corrected chi connectivity index (χ2v) is 11.1. The van der Waals surface area contributed by atoms with E-state index >= 15 is 0 Å². The van der Waals surface area contributed by atoms with E-state index in [-0.39, 0.29) is 30.6 Å². The summed E-state index contributed by atoms with van der Waals surface area (Å²) in [4.78, 5) is 38.1. The molecule has 0 aromatic heterocycles. The predicted molar refractivity (Wildman–Crippen MR) is 110 cm³/mol. The van der Waals surface area contributed by atoms with Gasteiger partial charge in [0, 0.05) is 26.2 Å². The fraction of sp³-hybridized carbons (Fsp3) is 0.792. The first-order valence-electron chi connectivity index (χ1n) is 11.4. The lowest BCUT2D eigenvalue weighted by Gasteiger charge is -2.74. The fourth-order valence-electron chi connectivity index (χ4n) is 8.36. The quantitative estimate of drug-likeness (QED) is 0.482. The maximum Gasteiger partial charge on any atom is 0.303 e. The van der Waals surface area contributed by atoms with Gasteiger partial charge in [-0.1, -0.05) is 20.4 Å². The summed E-state index contributed by atoms with van der Waals surface area (Å²) in [6.07, 6.45) is -1.18. The maximum absolute atomic E-state index is 13.8. The van der Waals surface area contributed by atoms with Crippen LogP contribution in [0, 0.1) is 34.0 Å². The van der Waals surface area contributed by atoms with Crippen molar-refractivity contribution in [2.24, 2.45) is 34.0 Å². The monoisotopic (exact) mass is 448 g/mol. The molecule has 0 aromatic carbocycles. The van der Waals surface area contributed by atoms with Crippen LogP contribution in [0.4, 0.5) is 0 Å². The molecule has 8 heteroatoms. The summed E-state index contributed by atoms with van der Waals surface area (Å²) in [5, 5.41) is 23.2. The summed E-state index contributed by atoms with van der Waals surface area (Å²) in [6.45, 7) is 10.5. The minimum atomic E-state index is -1.98. The Labute approximate surface area is 187 Å². The van der Waals surface area contributed by atoms with E-state index in [0.29, 0.717) is 18.4 Å². The molecule has 4 aliphatic carbocycles. The molecule has 8 nitrogen and oxygen atoms in total. The maximum atomic E-state index is 13.8. The van der Waals surface area contributed by atoms with Gasteiger partial charge >= 0.3 is 11.9 Å². The molecule has 2 aliphatic heterocycles. The van der Waals surface area contributed by atoms with Gasteiger partial charge in [0.1, 0.15) is 11.9 Å². The highest BCUT2D eigenvalue weighted by molar-refractivity contribution is 5.88. The Morgan fingerprint density at radius 2 is 1.81 bits per heavy atom. The Balaban J connectivity index is 1.79. The molecule has 0 radical (unpaired) electrons. The first-order valence-corrected chi connectivity index (χ1v) is 11.4. The molecule has 4 bridgehead atoms. The molecule has 2 N–H and O–H groups in total. The Morgan fingerprint density at radius 1 is 1.16 bits per heavy atom. The summed E-state index contributed by atoms with van der Waals surface area (Å²) >= 11 is 0. The standard InChI is InChI=1S/C24H32O8/c1-11-14-6-7-15-22-10-30-24(29,23(15,9-14)19(11)31-12(2)25)20(32-13(3)26)18(22)21(4,5)16(27)8-17(22)28/h14-16,18-20,27,29H,1,6-10H2,2-5H3/t14-,15+,16+,18-,19-,20+,22-,23+,24-/m1/s1. The van der Waals surface area contributed by atoms with Crippen LogP contribution in [0.5, 0.6) is 0 Å². The molecule has 6 rings (SSSR count). The minimum absolute atomic E-state index is 0.00713. The summed E-state index contributed by atoms with van der Waals surface area (Å²) < 4.78 is 17.7. The molecule has 6 aliphatic rings. The number of Topliss-reactive ketones (excluding diaryl/α,β-unsaturated/α-hetero) is 1. The van der Waals surface area contributed by atoms with Gasteiger partial charge in [0.15, 0.2) is 6.10 Å². The van der Waals surface area contributed by atoms with Gasteiger partial charge in [0.05, 0.1) is 23.5 Å². The van der Waals surface area contributed by atoms with Crippen molar-refractivity contribution >= 4 is 17.7 Å². The van der Waals surface area contributed by atoms with Gasteiger partial charge < -0.3 is 24.4 Å². The first kappa shape index (κ1) is 22.0. The molecule has 0 aromatic rings. The van der Waals surface area contributed by atoms with Gasteiger partial charge in [-0.25, -0.2) is 0 Å². The second kappa shape index (κ2) is 6.42. The van der Waals surface area contributed by atoms with E-state index in [1.54, 1.807) is 0 Å².